The second-order valence-corrected chi connectivity index (χ2v) is 5.98. The summed E-state index contributed by atoms with van der Waals surface area (Å²) in [6.45, 7) is 3.20. The summed E-state index contributed by atoms with van der Waals surface area (Å²) >= 11 is 6.23. The molecule has 1 saturated carbocycles. The number of aromatic nitrogens is 1. The number of hydrogen-bond acceptors (Lipinski definition) is 1. The molecule has 102 valence electrons. The lowest BCUT2D eigenvalue weighted by Gasteiger charge is -2.11. The average Bonchev–Trinajstić information content (AvgIpc) is 3.00. The van der Waals surface area contributed by atoms with Gasteiger partial charge in [-0.15, -0.1) is 0 Å². The van der Waals surface area contributed by atoms with Crippen LogP contribution in [0.4, 0.5) is 0 Å². The van der Waals surface area contributed by atoms with Crippen molar-refractivity contribution in [3.05, 3.63) is 34.5 Å². The Bertz CT molecular complexity index is 567. The lowest BCUT2D eigenvalue weighted by molar-refractivity contribution is 0.528. The molecule has 2 N–H and O–H groups in total. The Morgan fingerprint density at radius 2 is 2.11 bits per heavy atom. The fourth-order valence-electron chi connectivity index (χ4n) is 3.22. The Morgan fingerprint density at radius 3 is 2.89 bits per heavy atom. The van der Waals surface area contributed by atoms with Gasteiger partial charge in [0.1, 0.15) is 0 Å². The molecule has 1 aromatic heterocycles. The van der Waals surface area contributed by atoms with Crippen molar-refractivity contribution in [1.29, 1.82) is 0 Å². The van der Waals surface area contributed by atoms with E-state index in [4.69, 9.17) is 11.6 Å². The number of fused-ring (bicyclic) bond motifs is 1. The van der Waals surface area contributed by atoms with Gasteiger partial charge < -0.3 is 10.3 Å². The van der Waals surface area contributed by atoms with Gasteiger partial charge in [0.2, 0.25) is 0 Å². The van der Waals surface area contributed by atoms with E-state index in [0.717, 1.165) is 29.5 Å². The maximum absolute atomic E-state index is 6.23. The Balaban J connectivity index is 1.73. The third kappa shape index (κ3) is 2.65. The van der Waals surface area contributed by atoms with Gasteiger partial charge in [-0.25, -0.2) is 0 Å². The molecule has 0 atom stereocenters. The SMILES string of the molecule is Cc1[nH]c2c(Cl)cccc2c1CCNC1CCCC1. The minimum Gasteiger partial charge on any atom is -0.357 e. The van der Waals surface area contributed by atoms with Gasteiger partial charge in [-0.1, -0.05) is 36.6 Å². The van der Waals surface area contributed by atoms with Crippen LogP contribution in [0, 0.1) is 6.92 Å². The number of benzene rings is 1. The highest BCUT2D eigenvalue weighted by atomic mass is 35.5. The Kier molecular flexibility index (Phi) is 3.81. The molecule has 1 aromatic carbocycles. The van der Waals surface area contributed by atoms with Gasteiger partial charge in [-0.2, -0.15) is 0 Å². The molecule has 1 heterocycles. The van der Waals surface area contributed by atoms with Crippen LogP contribution < -0.4 is 5.32 Å². The molecule has 2 nitrogen and oxygen atoms in total. The quantitative estimate of drug-likeness (QED) is 0.860. The first-order valence-corrected chi connectivity index (χ1v) is 7.62. The predicted molar refractivity (Wildman–Crippen MR) is 82.0 cm³/mol. The lowest BCUT2D eigenvalue weighted by Crippen LogP contribution is -2.28. The molecule has 3 heteroatoms. The average molecular weight is 277 g/mol. The number of para-hydroxylation sites is 1. The van der Waals surface area contributed by atoms with Crippen molar-refractivity contribution in [2.75, 3.05) is 6.54 Å². The van der Waals surface area contributed by atoms with Gasteiger partial charge in [-0.3, -0.25) is 0 Å². The van der Waals surface area contributed by atoms with Crippen molar-refractivity contribution < 1.29 is 0 Å². The molecule has 0 amide bonds. The van der Waals surface area contributed by atoms with E-state index in [1.807, 2.05) is 12.1 Å². The maximum atomic E-state index is 6.23. The zero-order valence-electron chi connectivity index (χ0n) is 11.4. The van der Waals surface area contributed by atoms with Crippen LogP contribution in [0.2, 0.25) is 5.02 Å². The summed E-state index contributed by atoms with van der Waals surface area (Å²) in [5.41, 5.74) is 3.73. The molecule has 0 bridgehead atoms. The van der Waals surface area contributed by atoms with E-state index in [1.54, 1.807) is 0 Å². The van der Waals surface area contributed by atoms with Crippen molar-refractivity contribution in [3.63, 3.8) is 0 Å². The number of H-pyrrole nitrogens is 1. The van der Waals surface area contributed by atoms with Crippen LogP contribution in [-0.4, -0.2) is 17.6 Å². The molecule has 0 saturated heterocycles. The third-order valence-electron chi connectivity index (χ3n) is 4.27. The summed E-state index contributed by atoms with van der Waals surface area (Å²) < 4.78 is 0. The highest BCUT2D eigenvalue weighted by Crippen LogP contribution is 2.28. The fraction of sp³-hybridized carbons (Fsp3) is 0.500. The van der Waals surface area contributed by atoms with Gasteiger partial charge in [0, 0.05) is 17.1 Å². The summed E-state index contributed by atoms with van der Waals surface area (Å²) in [6.07, 6.45) is 6.54. The van der Waals surface area contributed by atoms with Gasteiger partial charge in [0.05, 0.1) is 10.5 Å². The van der Waals surface area contributed by atoms with Crippen LogP contribution in [0.15, 0.2) is 18.2 Å². The molecule has 1 fully saturated rings. The summed E-state index contributed by atoms with van der Waals surface area (Å²) in [5.74, 6) is 0. The monoisotopic (exact) mass is 276 g/mol. The van der Waals surface area contributed by atoms with E-state index in [1.165, 1.54) is 42.3 Å². The van der Waals surface area contributed by atoms with Gasteiger partial charge in [-0.05, 0) is 44.4 Å². The first kappa shape index (κ1) is 13.0. The minimum absolute atomic E-state index is 0.745. The standard InChI is InChI=1S/C16H21ClN2/c1-11-13(9-10-18-12-5-2-3-6-12)14-7-4-8-15(17)16(14)19-11/h4,7-8,12,18-19H,2-3,5-6,9-10H2,1H3. The summed E-state index contributed by atoms with van der Waals surface area (Å²) in [4.78, 5) is 3.41. The zero-order valence-corrected chi connectivity index (χ0v) is 12.2. The van der Waals surface area contributed by atoms with Crippen molar-refractivity contribution in [2.24, 2.45) is 0 Å². The number of aromatic amines is 1. The van der Waals surface area contributed by atoms with E-state index < -0.39 is 0 Å². The Hall–Kier alpha value is -0.990. The number of nitrogens with one attached hydrogen (secondary N) is 2. The first-order chi connectivity index (χ1) is 9.25. The summed E-state index contributed by atoms with van der Waals surface area (Å²) in [6, 6.07) is 6.89. The van der Waals surface area contributed by atoms with Crippen molar-refractivity contribution in [2.45, 2.75) is 45.1 Å². The summed E-state index contributed by atoms with van der Waals surface area (Å²) in [7, 11) is 0. The van der Waals surface area contributed by atoms with E-state index in [0.29, 0.717) is 0 Å². The second kappa shape index (κ2) is 5.56. The van der Waals surface area contributed by atoms with Crippen LogP contribution >= 0.6 is 11.6 Å². The Morgan fingerprint density at radius 1 is 1.32 bits per heavy atom. The highest BCUT2D eigenvalue weighted by molar-refractivity contribution is 6.35. The van der Waals surface area contributed by atoms with Crippen LogP contribution in [0.1, 0.15) is 36.9 Å². The number of halogens is 1. The molecule has 19 heavy (non-hydrogen) atoms. The normalized spacial score (nSPS) is 16.5. The highest BCUT2D eigenvalue weighted by Gasteiger charge is 2.15. The minimum atomic E-state index is 0.745. The Labute approximate surface area is 119 Å². The van der Waals surface area contributed by atoms with Crippen molar-refractivity contribution in [3.8, 4) is 0 Å². The molecule has 0 radical (unpaired) electrons. The van der Waals surface area contributed by atoms with E-state index >= 15 is 0 Å². The van der Waals surface area contributed by atoms with Crippen LogP contribution in [0.25, 0.3) is 10.9 Å². The molecular weight excluding hydrogens is 256 g/mol. The lowest BCUT2D eigenvalue weighted by atomic mass is 10.1. The molecule has 0 aliphatic heterocycles. The number of hydrogen-bond donors (Lipinski definition) is 2. The first-order valence-electron chi connectivity index (χ1n) is 7.25. The molecule has 3 rings (SSSR count). The fourth-order valence-corrected chi connectivity index (χ4v) is 3.44. The van der Waals surface area contributed by atoms with Crippen LogP contribution in [-0.2, 0) is 6.42 Å². The predicted octanol–water partition coefficient (Wildman–Crippen LogP) is 4.20. The molecule has 1 aliphatic carbocycles. The number of rotatable bonds is 4. The van der Waals surface area contributed by atoms with Gasteiger partial charge >= 0.3 is 0 Å². The van der Waals surface area contributed by atoms with Crippen molar-refractivity contribution >= 4 is 22.5 Å². The molecular formula is C16H21ClN2. The van der Waals surface area contributed by atoms with E-state index in [-0.39, 0.29) is 0 Å². The topological polar surface area (TPSA) is 27.8 Å². The van der Waals surface area contributed by atoms with Crippen molar-refractivity contribution in [1.82, 2.24) is 10.3 Å². The number of aryl methyl sites for hydroxylation is 1. The molecule has 0 unspecified atom stereocenters. The summed E-state index contributed by atoms with van der Waals surface area (Å²) in [5, 5.41) is 5.77. The third-order valence-corrected chi connectivity index (χ3v) is 4.58. The zero-order chi connectivity index (χ0) is 13.2. The molecule has 2 aromatic rings. The van der Waals surface area contributed by atoms with Gasteiger partial charge in [0.25, 0.3) is 0 Å². The van der Waals surface area contributed by atoms with Crippen LogP contribution in [0.5, 0.6) is 0 Å². The maximum Gasteiger partial charge on any atom is 0.0648 e. The molecule has 1 aliphatic rings. The smallest absolute Gasteiger partial charge is 0.0648 e. The van der Waals surface area contributed by atoms with Gasteiger partial charge in [0.15, 0.2) is 0 Å². The largest absolute Gasteiger partial charge is 0.357 e. The van der Waals surface area contributed by atoms with Crippen LogP contribution in [0.3, 0.4) is 0 Å². The van der Waals surface area contributed by atoms with E-state index in [9.17, 15) is 0 Å². The molecule has 0 spiro atoms. The second-order valence-electron chi connectivity index (χ2n) is 5.58. The van der Waals surface area contributed by atoms with E-state index in [2.05, 4.69) is 23.3 Å².